The summed E-state index contributed by atoms with van der Waals surface area (Å²) < 4.78 is 5.08. The molecule has 5 nitrogen and oxygen atoms in total. The van der Waals surface area contributed by atoms with Gasteiger partial charge in [0.15, 0.2) is 5.78 Å². The van der Waals surface area contributed by atoms with Crippen molar-refractivity contribution < 1.29 is 24.5 Å². The molecular weight excluding hydrogens is 296 g/mol. The van der Waals surface area contributed by atoms with Crippen LogP contribution in [0.25, 0.3) is 6.08 Å². The molecule has 5 heteroatoms. The van der Waals surface area contributed by atoms with Crippen molar-refractivity contribution in [1.29, 1.82) is 0 Å². The Hall–Kier alpha value is -3.08. The molecule has 2 aromatic carbocycles. The lowest BCUT2D eigenvalue weighted by Gasteiger charge is -2.10. The Balaban J connectivity index is 2.21. The molecule has 0 aliphatic rings. The van der Waals surface area contributed by atoms with Crippen LogP contribution in [0.15, 0.2) is 48.5 Å². The number of carbonyl (C=O) groups excluding carboxylic acids is 2. The third-order valence-electron chi connectivity index (χ3n) is 3.22. The third kappa shape index (κ3) is 4.44. The lowest BCUT2D eigenvalue weighted by molar-refractivity contribution is -0.304. The number of aliphatic carboxylic acids is 1. The van der Waals surface area contributed by atoms with Gasteiger partial charge in [-0.25, -0.2) is 0 Å². The predicted octanol–water partition coefficient (Wildman–Crippen LogP) is 1.59. The molecule has 0 amide bonds. The van der Waals surface area contributed by atoms with Gasteiger partial charge in [-0.05, 0) is 42.0 Å². The molecule has 0 spiro atoms. The number of carbonyl (C=O) groups is 2. The number of ketones is 1. The normalized spacial score (nSPS) is 10.7. The second kappa shape index (κ2) is 7.26. The van der Waals surface area contributed by atoms with Gasteiger partial charge in [-0.15, -0.1) is 0 Å². The van der Waals surface area contributed by atoms with Crippen LogP contribution in [0.2, 0.25) is 0 Å². The zero-order chi connectivity index (χ0) is 16.8. The van der Waals surface area contributed by atoms with E-state index in [4.69, 9.17) is 4.74 Å². The molecule has 0 saturated carbocycles. The van der Waals surface area contributed by atoms with E-state index in [0.29, 0.717) is 16.9 Å². The number of hydrogen-bond donors (Lipinski definition) is 1. The summed E-state index contributed by atoms with van der Waals surface area (Å²) in [5.41, 5.74) is 1.51. The Kier molecular flexibility index (Phi) is 5.15. The van der Waals surface area contributed by atoms with Crippen molar-refractivity contribution >= 4 is 17.8 Å². The van der Waals surface area contributed by atoms with Crippen LogP contribution in [0, 0.1) is 0 Å². The van der Waals surface area contributed by atoms with Gasteiger partial charge in [0.1, 0.15) is 11.5 Å². The van der Waals surface area contributed by atoms with E-state index >= 15 is 0 Å². The van der Waals surface area contributed by atoms with Crippen molar-refractivity contribution in [2.45, 2.75) is 6.42 Å². The molecular formula is C18H15O5-. The highest BCUT2D eigenvalue weighted by molar-refractivity contribution is 6.07. The molecule has 0 atom stereocenters. The summed E-state index contributed by atoms with van der Waals surface area (Å²) in [6, 6.07) is 11.0. The Morgan fingerprint density at radius 1 is 1.17 bits per heavy atom. The number of carboxylic acid groups (broad SMARTS) is 1. The fourth-order valence-corrected chi connectivity index (χ4v) is 2.08. The van der Waals surface area contributed by atoms with E-state index < -0.39 is 5.97 Å². The molecule has 0 bridgehead atoms. The van der Waals surface area contributed by atoms with Gasteiger partial charge >= 0.3 is 0 Å². The van der Waals surface area contributed by atoms with Crippen molar-refractivity contribution in [3.8, 4) is 11.5 Å². The summed E-state index contributed by atoms with van der Waals surface area (Å²) >= 11 is 0. The predicted molar refractivity (Wildman–Crippen MR) is 83.2 cm³/mol. The van der Waals surface area contributed by atoms with E-state index in [9.17, 15) is 19.8 Å². The average Bonchev–Trinajstić information content (AvgIpc) is 2.53. The number of benzene rings is 2. The molecule has 118 valence electrons. The molecule has 0 unspecified atom stereocenters. The Morgan fingerprint density at radius 3 is 2.48 bits per heavy atom. The van der Waals surface area contributed by atoms with Crippen LogP contribution in [0.3, 0.4) is 0 Å². The molecule has 2 aromatic rings. The third-order valence-corrected chi connectivity index (χ3v) is 3.22. The van der Waals surface area contributed by atoms with Crippen LogP contribution in [0.1, 0.15) is 21.5 Å². The number of rotatable bonds is 6. The first-order valence-electron chi connectivity index (χ1n) is 6.88. The molecule has 2 rings (SSSR count). The maximum atomic E-state index is 12.2. The van der Waals surface area contributed by atoms with Gasteiger partial charge in [0.25, 0.3) is 0 Å². The lowest BCUT2D eigenvalue weighted by Crippen LogP contribution is -2.24. The van der Waals surface area contributed by atoms with E-state index in [1.807, 2.05) is 0 Å². The number of hydrogen-bond acceptors (Lipinski definition) is 5. The maximum absolute atomic E-state index is 12.2. The fourth-order valence-electron chi connectivity index (χ4n) is 2.08. The van der Waals surface area contributed by atoms with Gasteiger partial charge < -0.3 is 19.7 Å². The lowest BCUT2D eigenvalue weighted by atomic mass is 10.0. The van der Waals surface area contributed by atoms with Gasteiger partial charge in [0.2, 0.25) is 0 Å². The summed E-state index contributed by atoms with van der Waals surface area (Å²) in [5, 5.41) is 20.0. The Morgan fingerprint density at radius 2 is 1.87 bits per heavy atom. The van der Waals surface area contributed by atoms with Crippen molar-refractivity contribution in [1.82, 2.24) is 0 Å². The quantitative estimate of drug-likeness (QED) is 0.646. The average molecular weight is 311 g/mol. The molecule has 0 heterocycles. The van der Waals surface area contributed by atoms with E-state index in [-0.39, 0.29) is 18.0 Å². The SMILES string of the molecule is COc1ccc(C(=O)/C=C/c2ccc(O)cc2)cc1CC(=O)[O-]. The number of aromatic hydroxyl groups is 1. The number of methoxy groups -OCH3 is 1. The minimum atomic E-state index is -1.24. The van der Waals surface area contributed by atoms with E-state index in [1.54, 1.807) is 30.3 Å². The molecule has 23 heavy (non-hydrogen) atoms. The standard InChI is InChI=1S/C18H16O5/c1-23-17-9-5-13(10-14(17)11-18(21)22)16(20)8-4-12-2-6-15(19)7-3-12/h2-10,19H,11H2,1H3,(H,21,22)/p-1/b8-4+. The first kappa shape index (κ1) is 16.3. The topological polar surface area (TPSA) is 86.7 Å². The summed E-state index contributed by atoms with van der Waals surface area (Å²) in [4.78, 5) is 23.0. The van der Waals surface area contributed by atoms with Gasteiger partial charge in [-0.3, -0.25) is 4.79 Å². The summed E-state index contributed by atoms with van der Waals surface area (Å²) in [7, 11) is 1.43. The van der Waals surface area contributed by atoms with Crippen LogP contribution in [0.4, 0.5) is 0 Å². The van der Waals surface area contributed by atoms with Crippen molar-refractivity contribution in [3.63, 3.8) is 0 Å². The number of carboxylic acids is 1. The van der Waals surface area contributed by atoms with Crippen molar-refractivity contribution in [2.75, 3.05) is 7.11 Å². The first-order valence-corrected chi connectivity index (χ1v) is 6.88. The number of allylic oxidation sites excluding steroid dienone is 1. The van der Waals surface area contributed by atoms with Crippen LogP contribution in [0.5, 0.6) is 11.5 Å². The summed E-state index contributed by atoms with van der Waals surface area (Å²) in [6.45, 7) is 0. The van der Waals surface area contributed by atoms with Crippen LogP contribution in [-0.2, 0) is 11.2 Å². The van der Waals surface area contributed by atoms with Gasteiger partial charge in [-0.1, -0.05) is 18.2 Å². The Bertz CT molecular complexity index is 745. The highest BCUT2D eigenvalue weighted by Gasteiger charge is 2.08. The molecule has 0 radical (unpaired) electrons. The summed E-state index contributed by atoms with van der Waals surface area (Å²) in [6.07, 6.45) is 2.67. The number of phenols is 1. The molecule has 0 fully saturated rings. The van der Waals surface area contributed by atoms with Crippen molar-refractivity contribution in [2.24, 2.45) is 0 Å². The van der Waals surface area contributed by atoms with E-state index in [1.165, 1.54) is 31.4 Å². The second-order valence-electron chi connectivity index (χ2n) is 4.86. The molecule has 0 aliphatic heterocycles. The zero-order valence-electron chi connectivity index (χ0n) is 12.5. The maximum Gasteiger partial charge on any atom is 0.185 e. The minimum absolute atomic E-state index is 0.149. The zero-order valence-corrected chi connectivity index (χ0v) is 12.5. The van der Waals surface area contributed by atoms with Crippen LogP contribution < -0.4 is 9.84 Å². The largest absolute Gasteiger partial charge is 0.550 e. The van der Waals surface area contributed by atoms with E-state index in [2.05, 4.69) is 0 Å². The smallest absolute Gasteiger partial charge is 0.185 e. The molecule has 0 aliphatic carbocycles. The minimum Gasteiger partial charge on any atom is -0.550 e. The molecule has 0 aromatic heterocycles. The highest BCUT2D eigenvalue weighted by Crippen LogP contribution is 2.21. The van der Waals surface area contributed by atoms with Gasteiger partial charge in [0.05, 0.1) is 7.11 Å². The Labute approximate surface area is 133 Å². The van der Waals surface area contributed by atoms with Crippen LogP contribution in [-0.4, -0.2) is 24.0 Å². The number of phenolic OH excluding ortho intramolecular Hbond substituents is 1. The second-order valence-corrected chi connectivity index (χ2v) is 4.86. The molecule has 1 N–H and O–H groups in total. The molecule has 0 saturated heterocycles. The highest BCUT2D eigenvalue weighted by atomic mass is 16.5. The monoisotopic (exact) mass is 311 g/mol. The van der Waals surface area contributed by atoms with Gasteiger partial charge in [-0.2, -0.15) is 0 Å². The van der Waals surface area contributed by atoms with E-state index in [0.717, 1.165) is 5.56 Å². The van der Waals surface area contributed by atoms with Gasteiger partial charge in [0, 0.05) is 23.5 Å². The fraction of sp³-hybridized carbons (Fsp3) is 0.111. The van der Waals surface area contributed by atoms with Crippen LogP contribution >= 0.6 is 0 Å². The number of ether oxygens (including phenoxy) is 1. The summed E-state index contributed by atoms with van der Waals surface area (Å²) in [5.74, 6) is -0.961. The first-order chi connectivity index (χ1) is 11.0. The van der Waals surface area contributed by atoms with Crippen molar-refractivity contribution in [3.05, 3.63) is 65.2 Å².